The second-order valence-electron chi connectivity index (χ2n) is 4.72. The Morgan fingerprint density at radius 2 is 2.31 bits per heavy atom. The van der Waals surface area contributed by atoms with Crippen LogP contribution in [0.25, 0.3) is 0 Å². The van der Waals surface area contributed by atoms with Crippen LogP contribution >= 0.6 is 0 Å². The van der Waals surface area contributed by atoms with E-state index in [0.29, 0.717) is 11.1 Å². The van der Waals surface area contributed by atoms with Gasteiger partial charge < -0.3 is 15.0 Å². The molecule has 1 aliphatic rings. The van der Waals surface area contributed by atoms with Gasteiger partial charge in [-0.15, -0.1) is 0 Å². The maximum atomic E-state index is 11.4. The van der Waals surface area contributed by atoms with Gasteiger partial charge in [-0.05, 0) is 42.9 Å². The van der Waals surface area contributed by atoms with E-state index in [1.54, 1.807) is 0 Å². The summed E-state index contributed by atoms with van der Waals surface area (Å²) in [5.41, 5.74) is 7.82. The highest BCUT2D eigenvalue weighted by Crippen LogP contribution is 2.47. The van der Waals surface area contributed by atoms with Crippen LogP contribution in [-0.2, 0) is 18.2 Å². The van der Waals surface area contributed by atoms with Crippen molar-refractivity contribution in [1.29, 1.82) is 0 Å². The summed E-state index contributed by atoms with van der Waals surface area (Å²) in [5.74, 6) is -0.286. The summed E-state index contributed by atoms with van der Waals surface area (Å²) in [7, 11) is 3.26. The summed E-state index contributed by atoms with van der Waals surface area (Å²) >= 11 is 0. The van der Waals surface area contributed by atoms with Crippen LogP contribution in [0.2, 0.25) is 0 Å². The number of aromatic nitrogens is 1. The Kier molecular flexibility index (Phi) is 2.76. The minimum atomic E-state index is -0.286. The lowest BCUT2D eigenvalue weighted by molar-refractivity contribution is 0.0590. The van der Waals surface area contributed by atoms with Crippen molar-refractivity contribution in [3.8, 4) is 0 Å². The van der Waals surface area contributed by atoms with Crippen molar-refractivity contribution in [2.75, 3.05) is 13.7 Å². The Hall–Kier alpha value is -1.29. The molecule has 0 saturated heterocycles. The standard InChI is InChI=1S/C12H18N2O2/c1-14-7-9(5-10(14)11(15)16-2)6-12(8-13)3-4-12/h5,7H,3-4,6,8,13H2,1-2H3. The molecule has 88 valence electrons. The lowest BCUT2D eigenvalue weighted by Crippen LogP contribution is -2.17. The fraction of sp³-hybridized carbons (Fsp3) is 0.583. The van der Waals surface area contributed by atoms with Gasteiger partial charge in [-0.25, -0.2) is 4.79 Å². The van der Waals surface area contributed by atoms with Crippen molar-refractivity contribution in [2.24, 2.45) is 18.2 Å². The molecule has 2 rings (SSSR count). The van der Waals surface area contributed by atoms with Crippen LogP contribution in [0, 0.1) is 5.41 Å². The first kappa shape index (κ1) is 11.2. The van der Waals surface area contributed by atoms with Gasteiger partial charge >= 0.3 is 5.97 Å². The number of esters is 1. The lowest BCUT2D eigenvalue weighted by atomic mass is 9.98. The molecular weight excluding hydrogens is 204 g/mol. The molecule has 0 radical (unpaired) electrons. The predicted octanol–water partition coefficient (Wildman–Crippen LogP) is 1.09. The quantitative estimate of drug-likeness (QED) is 0.776. The van der Waals surface area contributed by atoms with Crippen LogP contribution in [0.1, 0.15) is 28.9 Å². The molecule has 0 bridgehead atoms. The zero-order valence-electron chi connectivity index (χ0n) is 9.82. The van der Waals surface area contributed by atoms with Gasteiger partial charge in [0.2, 0.25) is 0 Å². The summed E-state index contributed by atoms with van der Waals surface area (Å²) in [6, 6.07) is 1.90. The second kappa shape index (κ2) is 3.94. The molecular formula is C12H18N2O2. The zero-order chi connectivity index (χ0) is 11.8. The van der Waals surface area contributed by atoms with Crippen molar-refractivity contribution < 1.29 is 9.53 Å². The molecule has 0 aliphatic heterocycles. The number of nitrogens with two attached hydrogens (primary N) is 1. The molecule has 0 spiro atoms. The average Bonchev–Trinajstić information content (AvgIpc) is 2.95. The zero-order valence-corrected chi connectivity index (χ0v) is 9.82. The molecule has 1 aliphatic carbocycles. The normalized spacial score (nSPS) is 17.2. The molecule has 1 fully saturated rings. The molecule has 2 N–H and O–H groups in total. The fourth-order valence-electron chi connectivity index (χ4n) is 2.10. The third kappa shape index (κ3) is 1.97. The number of rotatable bonds is 4. The van der Waals surface area contributed by atoms with E-state index in [2.05, 4.69) is 0 Å². The molecule has 1 aromatic heterocycles. The number of aryl methyl sites for hydroxylation is 1. The van der Waals surface area contributed by atoms with Crippen molar-refractivity contribution >= 4 is 5.97 Å². The first-order chi connectivity index (χ1) is 7.60. The molecule has 4 nitrogen and oxygen atoms in total. The smallest absolute Gasteiger partial charge is 0.354 e. The van der Waals surface area contributed by atoms with Crippen LogP contribution in [0.15, 0.2) is 12.3 Å². The van der Waals surface area contributed by atoms with Crippen molar-refractivity contribution in [3.05, 3.63) is 23.5 Å². The number of hydrogen-bond acceptors (Lipinski definition) is 3. The summed E-state index contributed by atoms with van der Waals surface area (Å²) in [6.45, 7) is 0.732. The van der Waals surface area contributed by atoms with E-state index in [0.717, 1.165) is 13.0 Å². The van der Waals surface area contributed by atoms with Gasteiger partial charge in [0.05, 0.1) is 7.11 Å². The number of hydrogen-bond donors (Lipinski definition) is 1. The molecule has 0 amide bonds. The highest BCUT2D eigenvalue weighted by Gasteiger charge is 2.41. The first-order valence-electron chi connectivity index (χ1n) is 5.54. The van der Waals surface area contributed by atoms with Gasteiger partial charge in [0.25, 0.3) is 0 Å². The molecule has 1 heterocycles. The first-order valence-corrected chi connectivity index (χ1v) is 5.54. The largest absolute Gasteiger partial charge is 0.464 e. The van der Waals surface area contributed by atoms with Crippen LogP contribution in [0.5, 0.6) is 0 Å². The minimum absolute atomic E-state index is 0.286. The van der Waals surface area contributed by atoms with Gasteiger partial charge in [-0.2, -0.15) is 0 Å². The van der Waals surface area contributed by atoms with E-state index >= 15 is 0 Å². The maximum Gasteiger partial charge on any atom is 0.354 e. The minimum Gasteiger partial charge on any atom is -0.464 e. The van der Waals surface area contributed by atoms with E-state index < -0.39 is 0 Å². The Bertz CT molecular complexity index is 405. The predicted molar refractivity (Wildman–Crippen MR) is 61.2 cm³/mol. The monoisotopic (exact) mass is 222 g/mol. The van der Waals surface area contributed by atoms with Gasteiger partial charge in [-0.1, -0.05) is 0 Å². The summed E-state index contributed by atoms with van der Waals surface area (Å²) in [4.78, 5) is 11.4. The van der Waals surface area contributed by atoms with E-state index in [9.17, 15) is 4.79 Å². The molecule has 1 aromatic rings. The molecule has 16 heavy (non-hydrogen) atoms. The Balaban J connectivity index is 2.15. The number of ether oxygens (including phenoxy) is 1. The molecule has 0 aromatic carbocycles. The highest BCUT2D eigenvalue weighted by molar-refractivity contribution is 5.87. The summed E-state index contributed by atoms with van der Waals surface area (Å²) < 4.78 is 6.53. The van der Waals surface area contributed by atoms with Crippen LogP contribution in [0.3, 0.4) is 0 Å². The van der Waals surface area contributed by atoms with Gasteiger partial charge in [-0.3, -0.25) is 0 Å². The highest BCUT2D eigenvalue weighted by atomic mass is 16.5. The second-order valence-corrected chi connectivity index (χ2v) is 4.72. The summed E-state index contributed by atoms with van der Waals surface area (Å²) in [5, 5.41) is 0. The van der Waals surface area contributed by atoms with E-state index in [4.69, 9.17) is 10.5 Å². The average molecular weight is 222 g/mol. The number of methoxy groups -OCH3 is 1. The van der Waals surface area contributed by atoms with E-state index in [1.807, 2.05) is 23.9 Å². The van der Waals surface area contributed by atoms with Gasteiger partial charge in [0, 0.05) is 13.2 Å². The molecule has 4 heteroatoms. The number of carbonyl (C=O) groups excluding carboxylic acids is 1. The van der Waals surface area contributed by atoms with Gasteiger partial charge in [0.15, 0.2) is 0 Å². The third-order valence-corrected chi connectivity index (χ3v) is 3.43. The Morgan fingerprint density at radius 1 is 1.62 bits per heavy atom. The third-order valence-electron chi connectivity index (χ3n) is 3.43. The SMILES string of the molecule is COC(=O)c1cc(CC2(CN)CC2)cn1C. The number of nitrogens with zero attached hydrogens (tertiary/aromatic N) is 1. The van der Waals surface area contributed by atoms with Crippen molar-refractivity contribution in [1.82, 2.24) is 4.57 Å². The summed E-state index contributed by atoms with van der Waals surface area (Å²) in [6.07, 6.45) is 5.36. The fourth-order valence-corrected chi connectivity index (χ4v) is 2.10. The topological polar surface area (TPSA) is 57.2 Å². The molecule has 0 unspecified atom stereocenters. The maximum absolute atomic E-state index is 11.4. The van der Waals surface area contributed by atoms with E-state index in [1.165, 1.54) is 25.5 Å². The Labute approximate surface area is 95.4 Å². The lowest BCUT2D eigenvalue weighted by Gasteiger charge is -2.09. The van der Waals surface area contributed by atoms with Crippen molar-refractivity contribution in [2.45, 2.75) is 19.3 Å². The van der Waals surface area contributed by atoms with E-state index in [-0.39, 0.29) is 5.97 Å². The number of carbonyl (C=O) groups is 1. The van der Waals surface area contributed by atoms with Crippen LogP contribution in [-0.4, -0.2) is 24.2 Å². The van der Waals surface area contributed by atoms with Gasteiger partial charge in [0.1, 0.15) is 5.69 Å². The molecule has 1 saturated carbocycles. The van der Waals surface area contributed by atoms with Crippen LogP contribution < -0.4 is 5.73 Å². The van der Waals surface area contributed by atoms with Crippen LogP contribution in [0.4, 0.5) is 0 Å². The van der Waals surface area contributed by atoms with Crippen molar-refractivity contribution in [3.63, 3.8) is 0 Å². The molecule has 0 atom stereocenters. The Morgan fingerprint density at radius 3 is 2.81 bits per heavy atom.